The van der Waals surface area contributed by atoms with Crippen molar-refractivity contribution in [3.63, 3.8) is 0 Å². The Morgan fingerprint density at radius 2 is 2.06 bits per heavy atom. The van der Waals surface area contributed by atoms with Gasteiger partial charge in [0, 0.05) is 13.1 Å². The maximum Gasteiger partial charge on any atom is 0.233 e. The number of amides is 1. The summed E-state index contributed by atoms with van der Waals surface area (Å²) in [5, 5.41) is 11.7. The number of oxime groups is 1. The van der Waals surface area contributed by atoms with Crippen molar-refractivity contribution in [2.45, 2.75) is 34.1 Å². The Labute approximate surface area is 103 Å². The molecule has 5 nitrogen and oxygen atoms in total. The summed E-state index contributed by atoms with van der Waals surface area (Å²) in [4.78, 5) is 14.2. The van der Waals surface area contributed by atoms with Crippen molar-refractivity contribution in [2.24, 2.45) is 28.1 Å². The number of carbonyl (C=O) groups is 1. The summed E-state index contributed by atoms with van der Waals surface area (Å²) < 4.78 is 0. The second-order valence-electron chi connectivity index (χ2n) is 5.92. The Kier molecular flexibility index (Phi) is 4.01. The smallest absolute Gasteiger partial charge is 0.233 e. The van der Waals surface area contributed by atoms with Crippen LogP contribution in [0.4, 0.5) is 0 Å². The number of nitrogens with two attached hydrogens (primary N) is 1. The highest BCUT2D eigenvalue weighted by molar-refractivity contribution is 6.02. The monoisotopic (exact) mass is 241 g/mol. The molecule has 98 valence electrons. The van der Waals surface area contributed by atoms with E-state index < -0.39 is 5.92 Å². The number of amidine groups is 1. The standard InChI is InChI=1S/C12H23N3O2/c1-8(2)9(10(13)14-17)11(16)15-6-5-12(3,4)7-15/h8-9,17H,5-7H2,1-4H3,(H2,13,14). The van der Waals surface area contributed by atoms with Gasteiger partial charge in [-0.25, -0.2) is 0 Å². The quantitative estimate of drug-likeness (QED) is 0.338. The highest BCUT2D eigenvalue weighted by Gasteiger charge is 2.37. The van der Waals surface area contributed by atoms with Crippen LogP contribution in [0.1, 0.15) is 34.1 Å². The Morgan fingerprint density at radius 3 is 2.41 bits per heavy atom. The number of carbonyl (C=O) groups excluding carboxylic acids is 1. The lowest BCUT2D eigenvalue weighted by atomic mass is 9.92. The molecule has 1 rings (SSSR count). The van der Waals surface area contributed by atoms with Gasteiger partial charge in [0.05, 0.1) is 0 Å². The van der Waals surface area contributed by atoms with Crippen LogP contribution < -0.4 is 5.73 Å². The van der Waals surface area contributed by atoms with E-state index in [0.717, 1.165) is 19.5 Å². The number of hydrogen-bond acceptors (Lipinski definition) is 3. The second kappa shape index (κ2) is 4.94. The van der Waals surface area contributed by atoms with Crippen LogP contribution in [0.2, 0.25) is 0 Å². The fourth-order valence-electron chi connectivity index (χ4n) is 2.31. The molecule has 0 aromatic heterocycles. The van der Waals surface area contributed by atoms with Gasteiger partial charge in [-0.15, -0.1) is 0 Å². The molecule has 0 radical (unpaired) electrons. The molecule has 1 saturated heterocycles. The molecule has 0 aliphatic carbocycles. The predicted octanol–water partition coefficient (Wildman–Crippen LogP) is 1.26. The first-order valence-corrected chi connectivity index (χ1v) is 6.04. The SMILES string of the molecule is CC(C)C(C(=O)N1CCC(C)(C)C1)C(N)=NO. The molecule has 0 spiro atoms. The van der Waals surface area contributed by atoms with E-state index in [4.69, 9.17) is 10.9 Å². The van der Waals surface area contributed by atoms with E-state index in [0.29, 0.717) is 0 Å². The molecular formula is C12H23N3O2. The molecule has 1 atom stereocenters. The number of rotatable bonds is 3. The highest BCUT2D eigenvalue weighted by atomic mass is 16.4. The molecule has 1 heterocycles. The molecule has 1 aliphatic rings. The summed E-state index contributed by atoms with van der Waals surface area (Å²) in [5.41, 5.74) is 5.78. The summed E-state index contributed by atoms with van der Waals surface area (Å²) in [5.74, 6) is -0.508. The maximum absolute atomic E-state index is 12.3. The molecule has 5 heteroatoms. The molecule has 0 bridgehead atoms. The first-order valence-electron chi connectivity index (χ1n) is 6.04. The van der Waals surface area contributed by atoms with E-state index in [1.165, 1.54) is 0 Å². The lowest BCUT2D eigenvalue weighted by Gasteiger charge is -2.26. The average Bonchev–Trinajstić information content (AvgIpc) is 2.58. The molecule has 0 saturated carbocycles. The number of likely N-dealkylation sites (tertiary alicyclic amines) is 1. The Hall–Kier alpha value is -1.26. The second-order valence-corrected chi connectivity index (χ2v) is 5.92. The molecule has 17 heavy (non-hydrogen) atoms. The zero-order valence-corrected chi connectivity index (χ0v) is 11.1. The van der Waals surface area contributed by atoms with Crippen LogP contribution in [0.15, 0.2) is 5.16 Å². The molecule has 1 aliphatic heterocycles. The van der Waals surface area contributed by atoms with Crippen molar-refractivity contribution in [3.8, 4) is 0 Å². The Morgan fingerprint density at radius 1 is 1.47 bits per heavy atom. The van der Waals surface area contributed by atoms with Crippen molar-refractivity contribution >= 4 is 11.7 Å². The third-order valence-corrected chi connectivity index (χ3v) is 3.36. The molecule has 1 unspecified atom stereocenters. The Balaban J connectivity index is 2.80. The molecular weight excluding hydrogens is 218 g/mol. The number of nitrogens with zero attached hydrogens (tertiary/aromatic N) is 2. The fraction of sp³-hybridized carbons (Fsp3) is 0.833. The van der Waals surface area contributed by atoms with Gasteiger partial charge >= 0.3 is 0 Å². The minimum Gasteiger partial charge on any atom is -0.409 e. The van der Waals surface area contributed by atoms with Gasteiger partial charge in [-0.05, 0) is 17.8 Å². The molecule has 1 amide bonds. The summed E-state index contributed by atoms with van der Waals surface area (Å²) in [6, 6.07) is 0. The number of hydrogen-bond donors (Lipinski definition) is 2. The topological polar surface area (TPSA) is 78.9 Å². The van der Waals surface area contributed by atoms with Gasteiger partial charge in [0.1, 0.15) is 5.92 Å². The van der Waals surface area contributed by atoms with Gasteiger partial charge < -0.3 is 15.8 Å². The lowest BCUT2D eigenvalue weighted by molar-refractivity contribution is -0.133. The van der Waals surface area contributed by atoms with Gasteiger partial charge in [0.15, 0.2) is 5.84 Å². The minimum absolute atomic E-state index is 0.00899. The van der Waals surface area contributed by atoms with Crippen LogP contribution >= 0.6 is 0 Å². The largest absolute Gasteiger partial charge is 0.409 e. The minimum atomic E-state index is -0.520. The van der Waals surface area contributed by atoms with E-state index in [1.54, 1.807) is 0 Å². The third kappa shape index (κ3) is 3.11. The van der Waals surface area contributed by atoms with Crippen LogP contribution in [0.3, 0.4) is 0 Å². The van der Waals surface area contributed by atoms with Crippen molar-refractivity contribution in [1.29, 1.82) is 0 Å². The summed E-state index contributed by atoms with van der Waals surface area (Å²) in [7, 11) is 0. The van der Waals surface area contributed by atoms with E-state index in [-0.39, 0.29) is 23.1 Å². The first-order chi connectivity index (χ1) is 7.78. The van der Waals surface area contributed by atoms with Crippen LogP contribution in [0, 0.1) is 17.3 Å². The lowest BCUT2D eigenvalue weighted by Crippen LogP contribution is -2.43. The summed E-state index contributed by atoms with van der Waals surface area (Å²) >= 11 is 0. The van der Waals surface area contributed by atoms with E-state index >= 15 is 0 Å². The van der Waals surface area contributed by atoms with Gasteiger partial charge in [0.25, 0.3) is 0 Å². The zero-order valence-electron chi connectivity index (χ0n) is 11.1. The molecule has 0 aromatic rings. The fourth-order valence-corrected chi connectivity index (χ4v) is 2.31. The highest BCUT2D eigenvalue weighted by Crippen LogP contribution is 2.30. The summed E-state index contributed by atoms with van der Waals surface area (Å²) in [6.45, 7) is 9.60. The van der Waals surface area contributed by atoms with E-state index in [9.17, 15) is 4.79 Å². The predicted molar refractivity (Wildman–Crippen MR) is 66.7 cm³/mol. The summed E-state index contributed by atoms with van der Waals surface area (Å²) in [6.07, 6.45) is 1.000. The Bertz CT molecular complexity index is 324. The van der Waals surface area contributed by atoms with Crippen molar-refractivity contribution < 1.29 is 10.0 Å². The third-order valence-electron chi connectivity index (χ3n) is 3.36. The van der Waals surface area contributed by atoms with E-state index in [2.05, 4.69) is 19.0 Å². The maximum atomic E-state index is 12.3. The van der Waals surface area contributed by atoms with Crippen molar-refractivity contribution in [2.75, 3.05) is 13.1 Å². The molecule has 1 fully saturated rings. The van der Waals surface area contributed by atoms with Crippen LogP contribution in [0.5, 0.6) is 0 Å². The first kappa shape index (κ1) is 13.8. The van der Waals surface area contributed by atoms with Crippen molar-refractivity contribution in [3.05, 3.63) is 0 Å². The molecule has 3 N–H and O–H groups in total. The molecule has 0 aromatic carbocycles. The average molecular weight is 241 g/mol. The van der Waals surface area contributed by atoms with Crippen molar-refractivity contribution in [1.82, 2.24) is 4.90 Å². The van der Waals surface area contributed by atoms with Gasteiger partial charge in [-0.1, -0.05) is 32.9 Å². The van der Waals surface area contributed by atoms with Crippen LogP contribution in [-0.2, 0) is 4.79 Å². The van der Waals surface area contributed by atoms with Crippen LogP contribution in [0.25, 0.3) is 0 Å². The van der Waals surface area contributed by atoms with Gasteiger partial charge in [-0.2, -0.15) is 0 Å². The van der Waals surface area contributed by atoms with E-state index in [1.807, 2.05) is 18.7 Å². The normalized spacial score (nSPS) is 21.9. The van der Waals surface area contributed by atoms with Crippen LogP contribution in [-0.4, -0.2) is 34.9 Å². The zero-order chi connectivity index (χ0) is 13.2. The van der Waals surface area contributed by atoms with Gasteiger partial charge in [0.2, 0.25) is 5.91 Å². The van der Waals surface area contributed by atoms with Gasteiger partial charge in [-0.3, -0.25) is 4.79 Å².